The van der Waals surface area contributed by atoms with Crippen LogP contribution in [0, 0.1) is 12.8 Å². The third-order valence-electron chi connectivity index (χ3n) is 5.54. The van der Waals surface area contributed by atoms with Crippen molar-refractivity contribution in [3.05, 3.63) is 61.5 Å². The highest BCUT2D eigenvalue weighted by molar-refractivity contribution is 5.92. The molecule has 0 aromatic carbocycles. The number of carbonyl (C=O) groups excluding carboxylic acids is 1. The zero-order valence-electron chi connectivity index (χ0n) is 17.5. The highest BCUT2D eigenvalue weighted by atomic mass is 16.2. The van der Waals surface area contributed by atoms with Crippen LogP contribution in [-0.2, 0) is 4.79 Å². The Morgan fingerprint density at radius 1 is 0.938 bits per heavy atom. The molecule has 162 valence electrons. The van der Waals surface area contributed by atoms with Crippen molar-refractivity contribution >= 4 is 17.5 Å². The SMILES string of the molecule is Cc1nccn1-c1cc(NC(=O)C2CCN(c3cc(-n4cccn4)ncn3)CC2)ncn1. The first kappa shape index (κ1) is 19.8. The molecule has 0 atom stereocenters. The van der Waals surface area contributed by atoms with E-state index in [0.717, 1.165) is 37.6 Å². The first-order valence-corrected chi connectivity index (χ1v) is 10.4. The molecular formula is C21H22N10O. The molecule has 1 N–H and O–H groups in total. The van der Waals surface area contributed by atoms with Crippen LogP contribution in [0.3, 0.4) is 0 Å². The molecule has 5 heterocycles. The van der Waals surface area contributed by atoms with Crippen molar-refractivity contribution < 1.29 is 4.79 Å². The van der Waals surface area contributed by atoms with E-state index in [1.807, 2.05) is 36.0 Å². The topological polar surface area (TPSA) is 120 Å². The number of nitrogens with one attached hydrogen (secondary N) is 1. The maximum atomic E-state index is 12.8. The minimum Gasteiger partial charge on any atom is -0.356 e. The monoisotopic (exact) mass is 430 g/mol. The number of imidazole rings is 1. The van der Waals surface area contributed by atoms with Crippen molar-refractivity contribution in [2.45, 2.75) is 19.8 Å². The maximum absolute atomic E-state index is 12.8. The van der Waals surface area contributed by atoms with Gasteiger partial charge in [-0.25, -0.2) is 29.6 Å². The van der Waals surface area contributed by atoms with E-state index in [1.165, 1.54) is 6.33 Å². The summed E-state index contributed by atoms with van der Waals surface area (Å²) in [5.74, 6) is 3.39. The van der Waals surface area contributed by atoms with Crippen LogP contribution >= 0.6 is 0 Å². The fourth-order valence-electron chi connectivity index (χ4n) is 3.81. The van der Waals surface area contributed by atoms with E-state index in [1.54, 1.807) is 29.5 Å². The molecule has 0 saturated carbocycles. The highest BCUT2D eigenvalue weighted by Gasteiger charge is 2.26. The van der Waals surface area contributed by atoms with Crippen molar-refractivity contribution in [2.75, 3.05) is 23.3 Å². The lowest BCUT2D eigenvalue weighted by atomic mass is 9.96. The molecule has 4 aromatic rings. The zero-order valence-corrected chi connectivity index (χ0v) is 17.5. The molecule has 11 nitrogen and oxygen atoms in total. The molecule has 0 unspecified atom stereocenters. The lowest BCUT2D eigenvalue weighted by molar-refractivity contribution is -0.120. The van der Waals surface area contributed by atoms with Crippen LogP contribution in [-0.4, -0.2) is 58.3 Å². The van der Waals surface area contributed by atoms with Crippen LogP contribution in [0.5, 0.6) is 0 Å². The Kier molecular flexibility index (Phi) is 5.28. The number of rotatable bonds is 5. The number of carbonyl (C=O) groups is 1. The van der Waals surface area contributed by atoms with E-state index in [4.69, 9.17) is 0 Å². The Balaban J connectivity index is 1.21. The van der Waals surface area contributed by atoms with Crippen LogP contribution in [0.2, 0.25) is 0 Å². The first-order valence-electron chi connectivity index (χ1n) is 10.4. The van der Waals surface area contributed by atoms with Gasteiger partial charge >= 0.3 is 0 Å². The Bertz CT molecular complexity index is 1210. The molecule has 32 heavy (non-hydrogen) atoms. The minimum atomic E-state index is -0.0907. The number of amides is 1. The van der Waals surface area contributed by atoms with Gasteiger partial charge in [-0.05, 0) is 25.8 Å². The summed E-state index contributed by atoms with van der Waals surface area (Å²) in [6, 6.07) is 5.51. The van der Waals surface area contributed by atoms with Crippen molar-refractivity contribution in [3.63, 3.8) is 0 Å². The highest BCUT2D eigenvalue weighted by Crippen LogP contribution is 2.24. The average Bonchev–Trinajstić information content (AvgIpc) is 3.52. The predicted molar refractivity (Wildman–Crippen MR) is 117 cm³/mol. The van der Waals surface area contributed by atoms with Crippen LogP contribution < -0.4 is 10.2 Å². The first-order chi connectivity index (χ1) is 15.7. The van der Waals surface area contributed by atoms with Crippen molar-refractivity contribution in [2.24, 2.45) is 5.92 Å². The number of hydrogen-bond acceptors (Lipinski definition) is 8. The number of aryl methyl sites for hydroxylation is 1. The van der Waals surface area contributed by atoms with Gasteiger partial charge in [0.15, 0.2) is 5.82 Å². The largest absolute Gasteiger partial charge is 0.356 e. The van der Waals surface area contributed by atoms with Gasteiger partial charge in [0.25, 0.3) is 0 Å². The van der Waals surface area contributed by atoms with Gasteiger partial charge in [0, 0.05) is 55.9 Å². The van der Waals surface area contributed by atoms with Crippen molar-refractivity contribution in [1.29, 1.82) is 0 Å². The third-order valence-corrected chi connectivity index (χ3v) is 5.54. The number of hydrogen-bond donors (Lipinski definition) is 1. The van der Waals surface area contributed by atoms with Crippen LogP contribution in [0.25, 0.3) is 11.6 Å². The molecule has 1 amide bonds. The molecule has 0 radical (unpaired) electrons. The van der Waals surface area contributed by atoms with Gasteiger partial charge < -0.3 is 10.2 Å². The summed E-state index contributed by atoms with van der Waals surface area (Å²) < 4.78 is 3.54. The Morgan fingerprint density at radius 3 is 2.47 bits per heavy atom. The molecule has 0 spiro atoms. The standard InChI is InChI=1S/C21H22N10O/c1-15-22-6-10-30(15)19-11-17(23-13-25-19)28-21(32)16-3-8-29(9-4-16)18-12-20(26-14-24-18)31-7-2-5-27-31/h2,5-7,10-14,16H,3-4,8-9H2,1H3,(H,23,25,28,32). The number of anilines is 2. The lowest BCUT2D eigenvalue weighted by Crippen LogP contribution is -2.38. The van der Waals surface area contributed by atoms with Gasteiger partial charge in [-0.3, -0.25) is 9.36 Å². The Morgan fingerprint density at radius 2 is 1.72 bits per heavy atom. The van der Waals surface area contributed by atoms with Crippen molar-refractivity contribution in [1.82, 2.24) is 39.3 Å². The van der Waals surface area contributed by atoms with E-state index < -0.39 is 0 Å². The zero-order chi connectivity index (χ0) is 21.9. The molecule has 1 fully saturated rings. The third kappa shape index (κ3) is 4.04. The van der Waals surface area contributed by atoms with E-state index in [2.05, 4.69) is 40.2 Å². The second-order valence-corrected chi connectivity index (χ2v) is 7.54. The number of piperidine rings is 1. The molecule has 5 rings (SSSR count). The molecule has 4 aromatic heterocycles. The Hall–Kier alpha value is -4.15. The van der Waals surface area contributed by atoms with Crippen LogP contribution in [0.1, 0.15) is 18.7 Å². The van der Waals surface area contributed by atoms with E-state index in [0.29, 0.717) is 17.5 Å². The van der Waals surface area contributed by atoms with Gasteiger partial charge in [-0.15, -0.1) is 0 Å². The molecule has 0 bridgehead atoms. The predicted octanol–water partition coefficient (Wildman–Crippen LogP) is 1.80. The van der Waals surface area contributed by atoms with Gasteiger partial charge in [-0.1, -0.05) is 0 Å². The normalized spacial score (nSPS) is 14.5. The molecule has 1 aliphatic heterocycles. The molecule has 1 aliphatic rings. The number of aromatic nitrogens is 8. The molecule has 0 aliphatic carbocycles. The molecular weight excluding hydrogens is 408 g/mol. The van der Waals surface area contributed by atoms with Gasteiger partial charge in [0.1, 0.15) is 35.9 Å². The second kappa shape index (κ2) is 8.53. The summed E-state index contributed by atoms with van der Waals surface area (Å²) in [5.41, 5.74) is 0. The van der Waals surface area contributed by atoms with Crippen LogP contribution in [0.4, 0.5) is 11.6 Å². The smallest absolute Gasteiger partial charge is 0.228 e. The molecule has 11 heteroatoms. The summed E-state index contributed by atoms with van der Waals surface area (Å²) in [5, 5.41) is 7.15. The maximum Gasteiger partial charge on any atom is 0.228 e. The summed E-state index contributed by atoms with van der Waals surface area (Å²) in [4.78, 5) is 36.4. The fourth-order valence-corrected chi connectivity index (χ4v) is 3.81. The summed E-state index contributed by atoms with van der Waals surface area (Å²) in [7, 11) is 0. The lowest BCUT2D eigenvalue weighted by Gasteiger charge is -2.32. The minimum absolute atomic E-state index is 0.0310. The fraction of sp³-hybridized carbons (Fsp3) is 0.286. The van der Waals surface area contributed by atoms with Crippen LogP contribution in [0.15, 0.2) is 55.6 Å². The van der Waals surface area contributed by atoms with Gasteiger partial charge in [0.2, 0.25) is 5.91 Å². The van der Waals surface area contributed by atoms with E-state index >= 15 is 0 Å². The Labute approximate surface area is 184 Å². The van der Waals surface area contributed by atoms with Crippen molar-refractivity contribution in [3.8, 4) is 11.6 Å². The van der Waals surface area contributed by atoms with Gasteiger partial charge in [-0.2, -0.15) is 5.10 Å². The summed E-state index contributed by atoms with van der Waals surface area (Å²) >= 11 is 0. The quantitative estimate of drug-likeness (QED) is 0.509. The second-order valence-electron chi connectivity index (χ2n) is 7.54. The average molecular weight is 430 g/mol. The summed E-state index contributed by atoms with van der Waals surface area (Å²) in [6.07, 6.45) is 11.5. The van der Waals surface area contributed by atoms with E-state index in [-0.39, 0.29) is 11.8 Å². The molecule has 1 saturated heterocycles. The van der Waals surface area contributed by atoms with E-state index in [9.17, 15) is 4.79 Å². The van der Waals surface area contributed by atoms with Gasteiger partial charge in [0.05, 0.1) is 0 Å². The summed E-state index contributed by atoms with van der Waals surface area (Å²) in [6.45, 7) is 3.36. The number of nitrogens with zero attached hydrogens (tertiary/aromatic N) is 9.